The summed E-state index contributed by atoms with van der Waals surface area (Å²) < 4.78 is 18.2. The lowest BCUT2D eigenvalue weighted by Gasteiger charge is -2.38. The van der Waals surface area contributed by atoms with E-state index in [-0.39, 0.29) is 29.2 Å². The molecule has 0 bridgehead atoms. The SMILES string of the molecule is O=C(NCCCCCN1CC(C(=O)NC2CCCC2)C1)c1cc(-c2ccc(F)cc2)on1. The third-order valence-corrected chi connectivity index (χ3v) is 6.34. The maximum absolute atomic E-state index is 13.0. The summed E-state index contributed by atoms with van der Waals surface area (Å²) in [6.45, 7) is 3.28. The second kappa shape index (κ2) is 10.7. The van der Waals surface area contributed by atoms with Crippen molar-refractivity contribution in [3.8, 4) is 11.3 Å². The molecule has 7 nitrogen and oxygen atoms in total. The molecule has 1 saturated carbocycles. The van der Waals surface area contributed by atoms with Gasteiger partial charge in [0.25, 0.3) is 5.91 Å². The lowest BCUT2D eigenvalue weighted by Crippen LogP contribution is -2.54. The molecule has 2 N–H and O–H groups in total. The number of hydrogen-bond donors (Lipinski definition) is 2. The third kappa shape index (κ3) is 5.94. The van der Waals surface area contributed by atoms with Crippen molar-refractivity contribution in [3.05, 3.63) is 41.8 Å². The Morgan fingerprint density at radius 1 is 1.09 bits per heavy atom. The second-order valence-electron chi connectivity index (χ2n) is 8.85. The molecule has 2 heterocycles. The lowest BCUT2D eigenvalue weighted by molar-refractivity contribution is -0.130. The minimum absolute atomic E-state index is 0.150. The quantitative estimate of drug-likeness (QED) is 0.551. The summed E-state index contributed by atoms with van der Waals surface area (Å²) >= 11 is 0. The van der Waals surface area contributed by atoms with Crippen molar-refractivity contribution in [2.24, 2.45) is 5.92 Å². The number of benzene rings is 1. The molecule has 1 aromatic heterocycles. The van der Waals surface area contributed by atoms with Crippen molar-refractivity contribution < 1.29 is 18.5 Å². The maximum atomic E-state index is 13.0. The van der Waals surface area contributed by atoms with Crippen LogP contribution in [-0.2, 0) is 4.79 Å². The summed E-state index contributed by atoms with van der Waals surface area (Å²) in [4.78, 5) is 26.8. The maximum Gasteiger partial charge on any atom is 0.273 e. The molecule has 0 spiro atoms. The Hall–Kier alpha value is -2.74. The van der Waals surface area contributed by atoms with E-state index in [1.165, 1.54) is 25.0 Å². The molecule has 2 amide bonds. The Kier molecular flexibility index (Phi) is 7.52. The average Bonchev–Trinajstić information content (AvgIpc) is 3.44. The average molecular weight is 443 g/mol. The molecule has 0 radical (unpaired) electrons. The van der Waals surface area contributed by atoms with E-state index < -0.39 is 0 Å². The minimum Gasteiger partial charge on any atom is -0.355 e. The van der Waals surface area contributed by atoms with Gasteiger partial charge in [0.05, 0.1) is 5.92 Å². The number of rotatable bonds is 10. The van der Waals surface area contributed by atoms with Gasteiger partial charge in [-0.15, -0.1) is 0 Å². The molecule has 0 atom stereocenters. The summed E-state index contributed by atoms with van der Waals surface area (Å²) in [5, 5.41) is 9.85. The predicted molar refractivity (Wildman–Crippen MR) is 118 cm³/mol. The fourth-order valence-electron chi connectivity index (χ4n) is 4.37. The van der Waals surface area contributed by atoms with Gasteiger partial charge in [-0.05, 0) is 56.5 Å². The highest BCUT2D eigenvalue weighted by Gasteiger charge is 2.33. The van der Waals surface area contributed by atoms with Crippen LogP contribution in [0.3, 0.4) is 0 Å². The van der Waals surface area contributed by atoms with Crippen LogP contribution in [0, 0.1) is 11.7 Å². The predicted octanol–water partition coefficient (Wildman–Crippen LogP) is 3.37. The van der Waals surface area contributed by atoms with Gasteiger partial charge in [0.15, 0.2) is 11.5 Å². The first-order valence-corrected chi connectivity index (χ1v) is 11.6. The van der Waals surface area contributed by atoms with Crippen molar-refractivity contribution in [3.63, 3.8) is 0 Å². The van der Waals surface area contributed by atoms with E-state index in [2.05, 4.69) is 20.7 Å². The number of halogens is 1. The summed E-state index contributed by atoms with van der Waals surface area (Å²) in [7, 11) is 0. The van der Waals surface area contributed by atoms with Crippen LogP contribution < -0.4 is 10.6 Å². The van der Waals surface area contributed by atoms with E-state index in [4.69, 9.17) is 4.52 Å². The van der Waals surface area contributed by atoms with Crippen molar-refractivity contribution in [2.45, 2.75) is 51.0 Å². The fourth-order valence-corrected chi connectivity index (χ4v) is 4.37. The van der Waals surface area contributed by atoms with E-state index in [1.807, 2.05) is 0 Å². The van der Waals surface area contributed by atoms with Crippen LogP contribution in [-0.4, -0.2) is 54.1 Å². The van der Waals surface area contributed by atoms with Crippen LogP contribution in [0.5, 0.6) is 0 Å². The summed E-state index contributed by atoms with van der Waals surface area (Å²) in [6, 6.07) is 7.80. The summed E-state index contributed by atoms with van der Waals surface area (Å²) in [5.41, 5.74) is 0.883. The van der Waals surface area contributed by atoms with E-state index in [0.717, 1.165) is 51.7 Å². The lowest BCUT2D eigenvalue weighted by atomic mass is 9.98. The van der Waals surface area contributed by atoms with Gasteiger partial charge >= 0.3 is 0 Å². The van der Waals surface area contributed by atoms with Crippen molar-refractivity contribution in [1.82, 2.24) is 20.7 Å². The molecular formula is C24H31FN4O3. The Morgan fingerprint density at radius 3 is 2.59 bits per heavy atom. The first kappa shape index (κ1) is 22.5. The largest absolute Gasteiger partial charge is 0.355 e. The molecule has 1 aliphatic carbocycles. The van der Waals surface area contributed by atoms with E-state index >= 15 is 0 Å². The Balaban J connectivity index is 1.06. The molecule has 1 aromatic carbocycles. The highest BCUT2D eigenvalue weighted by molar-refractivity contribution is 5.93. The summed E-state index contributed by atoms with van der Waals surface area (Å²) in [6.07, 6.45) is 7.67. The van der Waals surface area contributed by atoms with Gasteiger partial charge in [-0.2, -0.15) is 0 Å². The summed E-state index contributed by atoms with van der Waals surface area (Å²) in [5.74, 6) is 0.203. The number of nitrogens with zero attached hydrogens (tertiary/aromatic N) is 2. The highest BCUT2D eigenvalue weighted by atomic mass is 19.1. The zero-order valence-electron chi connectivity index (χ0n) is 18.3. The zero-order chi connectivity index (χ0) is 22.3. The van der Waals surface area contributed by atoms with Gasteiger partial charge in [0.2, 0.25) is 5.91 Å². The Bertz CT molecular complexity index is 902. The molecular weight excluding hydrogens is 411 g/mol. The molecule has 0 unspecified atom stereocenters. The monoisotopic (exact) mass is 442 g/mol. The smallest absolute Gasteiger partial charge is 0.273 e. The number of amides is 2. The molecule has 2 aliphatic rings. The number of aromatic nitrogens is 1. The van der Waals surface area contributed by atoms with Gasteiger partial charge in [0.1, 0.15) is 5.82 Å². The van der Waals surface area contributed by atoms with Gasteiger partial charge in [-0.1, -0.05) is 24.4 Å². The highest BCUT2D eigenvalue weighted by Crippen LogP contribution is 2.22. The zero-order valence-corrected chi connectivity index (χ0v) is 18.3. The van der Waals surface area contributed by atoms with Gasteiger partial charge < -0.3 is 20.1 Å². The molecule has 2 fully saturated rings. The van der Waals surface area contributed by atoms with Crippen molar-refractivity contribution in [1.29, 1.82) is 0 Å². The first-order valence-electron chi connectivity index (χ1n) is 11.6. The fraction of sp³-hybridized carbons (Fsp3) is 0.542. The van der Waals surface area contributed by atoms with E-state index in [1.54, 1.807) is 18.2 Å². The van der Waals surface area contributed by atoms with Crippen LogP contribution in [0.2, 0.25) is 0 Å². The van der Waals surface area contributed by atoms with Gasteiger partial charge in [-0.3, -0.25) is 9.59 Å². The normalized spacial score (nSPS) is 17.3. The number of hydrogen-bond acceptors (Lipinski definition) is 5. The van der Waals surface area contributed by atoms with Crippen LogP contribution >= 0.6 is 0 Å². The second-order valence-corrected chi connectivity index (χ2v) is 8.85. The number of carbonyl (C=O) groups excluding carboxylic acids is 2. The molecule has 32 heavy (non-hydrogen) atoms. The standard InChI is InChI=1S/C24H31FN4O3/c25-19-10-8-17(9-11-19)22-14-21(28-32-22)24(31)26-12-4-1-5-13-29-15-18(16-29)23(30)27-20-6-2-3-7-20/h8-11,14,18,20H,1-7,12-13,15-16H2,(H,26,31)(H,27,30). The van der Waals surface area contributed by atoms with Crippen LogP contribution in [0.15, 0.2) is 34.9 Å². The number of nitrogens with one attached hydrogen (secondary N) is 2. The van der Waals surface area contributed by atoms with Gasteiger partial charge in [0, 0.05) is 37.3 Å². The van der Waals surface area contributed by atoms with E-state index in [0.29, 0.717) is 23.9 Å². The van der Waals surface area contributed by atoms with Crippen LogP contribution in [0.25, 0.3) is 11.3 Å². The minimum atomic E-state index is -0.329. The molecule has 4 rings (SSSR count). The number of unbranched alkanes of at least 4 members (excludes halogenated alkanes) is 2. The number of likely N-dealkylation sites (tertiary alicyclic amines) is 1. The molecule has 1 saturated heterocycles. The van der Waals surface area contributed by atoms with E-state index in [9.17, 15) is 14.0 Å². The van der Waals surface area contributed by atoms with Crippen molar-refractivity contribution in [2.75, 3.05) is 26.2 Å². The third-order valence-electron chi connectivity index (χ3n) is 6.34. The van der Waals surface area contributed by atoms with Crippen molar-refractivity contribution >= 4 is 11.8 Å². The topological polar surface area (TPSA) is 87.5 Å². The van der Waals surface area contributed by atoms with Gasteiger partial charge in [-0.25, -0.2) is 4.39 Å². The number of carbonyl (C=O) groups is 2. The molecule has 172 valence electrons. The molecule has 8 heteroatoms. The van der Waals surface area contributed by atoms with Crippen LogP contribution in [0.1, 0.15) is 55.4 Å². The first-order chi connectivity index (χ1) is 15.6. The Labute approximate surface area is 187 Å². The van der Waals surface area contributed by atoms with Crippen LogP contribution in [0.4, 0.5) is 4.39 Å². The molecule has 2 aromatic rings. The molecule has 1 aliphatic heterocycles. The Morgan fingerprint density at radius 2 is 1.84 bits per heavy atom.